The molecular formula is C27H30ClN3O4S. The van der Waals surface area contributed by atoms with Crippen LogP contribution in [0.2, 0.25) is 5.02 Å². The lowest BCUT2D eigenvalue weighted by Crippen LogP contribution is -2.52. The Morgan fingerprint density at radius 3 is 2.06 bits per heavy atom. The number of carbonyl (C=O) groups is 2. The van der Waals surface area contributed by atoms with Gasteiger partial charge in [-0.3, -0.25) is 13.9 Å². The Kier molecular flexibility index (Phi) is 9.50. The van der Waals surface area contributed by atoms with Crippen LogP contribution in [-0.4, -0.2) is 51.3 Å². The normalized spacial score (nSPS) is 12.0. The number of sulfonamides is 1. The molecule has 7 nitrogen and oxygen atoms in total. The summed E-state index contributed by atoms with van der Waals surface area (Å²) >= 11 is 5.96. The first-order chi connectivity index (χ1) is 17.3. The summed E-state index contributed by atoms with van der Waals surface area (Å²) in [6.45, 7) is 1.62. The van der Waals surface area contributed by atoms with E-state index in [4.69, 9.17) is 11.6 Å². The summed E-state index contributed by atoms with van der Waals surface area (Å²) in [5, 5.41) is 3.02. The number of likely N-dealkylation sites (N-methyl/N-ethyl adjacent to an activating group) is 1. The van der Waals surface area contributed by atoms with E-state index in [9.17, 15) is 18.0 Å². The van der Waals surface area contributed by atoms with E-state index in [1.54, 1.807) is 30.3 Å². The van der Waals surface area contributed by atoms with Gasteiger partial charge >= 0.3 is 0 Å². The number of anilines is 1. The summed E-state index contributed by atoms with van der Waals surface area (Å²) in [5.41, 5.74) is 1.35. The first-order valence-corrected chi connectivity index (χ1v) is 13.5. The number of rotatable bonds is 11. The molecule has 0 fully saturated rings. The van der Waals surface area contributed by atoms with E-state index in [0.717, 1.165) is 9.87 Å². The number of halogens is 1. The van der Waals surface area contributed by atoms with Gasteiger partial charge in [-0.05, 0) is 54.8 Å². The van der Waals surface area contributed by atoms with Crippen molar-refractivity contribution in [1.82, 2.24) is 10.2 Å². The Morgan fingerprint density at radius 2 is 1.50 bits per heavy atom. The molecule has 1 atom stereocenters. The maximum absolute atomic E-state index is 13.7. The van der Waals surface area contributed by atoms with Crippen LogP contribution >= 0.6 is 11.6 Å². The second-order valence-corrected chi connectivity index (χ2v) is 10.5. The molecule has 0 aliphatic carbocycles. The molecule has 0 spiro atoms. The van der Waals surface area contributed by atoms with Crippen LogP contribution in [-0.2, 0) is 26.0 Å². The molecule has 3 rings (SSSR count). The molecule has 3 aromatic rings. The largest absolute Gasteiger partial charge is 0.357 e. The summed E-state index contributed by atoms with van der Waals surface area (Å²) < 4.78 is 28.4. The van der Waals surface area contributed by atoms with E-state index in [1.807, 2.05) is 37.3 Å². The maximum atomic E-state index is 13.7. The van der Waals surface area contributed by atoms with Gasteiger partial charge in [-0.2, -0.15) is 0 Å². The number of benzene rings is 3. The number of para-hydroxylation sites is 1. The van der Waals surface area contributed by atoms with Gasteiger partial charge in [-0.1, -0.05) is 67.1 Å². The fraction of sp³-hybridized carbons (Fsp3) is 0.259. The second kappa shape index (κ2) is 12.6. The maximum Gasteiger partial charge on any atom is 0.264 e. The Morgan fingerprint density at radius 1 is 0.917 bits per heavy atom. The van der Waals surface area contributed by atoms with E-state index >= 15 is 0 Å². The van der Waals surface area contributed by atoms with Gasteiger partial charge in [0.15, 0.2) is 0 Å². The third-order valence-corrected chi connectivity index (χ3v) is 7.88. The number of nitrogens with one attached hydrogen (secondary N) is 1. The van der Waals surface area contributed by atoms with Gasteiger partial charge in [0.25, 0.3) is 10.0 Å². The van der Waals surface area contributed by atoms with E-state index in [0.29, 0.717) is 23.6 Å². The molecule has 0 aliphatic rings. The number of amides is 2. The lowest BCUT2D eigenvalue weighted by Gasteiger charge is -2.33. The molecule has 190 valence electrons. The Balaban J connectivity index is 1.97. The minimum absolute atomic E-state index is 0.0118. The highest BCUT2D eigenvalue weighted by Gasteiger charge is 2.33. The van der Waals surface area contributed by atoms with Crippen molar-refractivity contribution in [2.45, 2.75) is 30.7 Å². The number of hydrogen-bond acceptors (Lipinski definition) is 4. The highest BCUT2D eigenvalue weighted by Crippen LogP contribution is 2.25. The van der Waals surface area contributed by atoms with E-state index in [2.05, 4.69) is 5.32 Å². The monoisotopic (exact) mass is 527 g/mol. The molecule has 0 bridgehead atoms. The summed E-state index contributed by atoms with van der Waals surface area (Å²) in [6, 6.07) is 23.1. The quantitative estimate of drug-likeness (QED) is 0.406. The summed E-state index contributed by atoms with van der Waals surface area (Å²) in [5.74, 6) is -0.770. The van der Waals surface area contributed by atoms with Crippen molar-refractivity contribution in [3.05, 3.63) is 95.5 Å². The van der Waals surface area contributed by atoms with Gasteiger partial charge in [0.1, 0.15) is 12.6 Å². The van der Waals surface area contributed by atoms with Crippen molar-refractivity contribution < 1.29 is 18.0 Å². The molecule has 3 aromatic carbocycles. The first-order valence-electron chi connectivity index (χ1n) is 11.7. The molecule has 0 saturated carbocycles. The zero-order valence-electron chi connectivity index (χ0n) is 20.3. The van der Waals surface area contributed by atoms with Crippen molar-refractivity contribution in [2.24, 2.45) is 0 Å². The molecule has 0 saturated heterocycles. The zero-order valence-corrected chi connectivity index (χ0v) is 21.9. The number of carbonyl (C=O) groups excluding carboxylic acids is 2. The zero-order chi connectivity index (χ0) is 26.1. The minimum Gasteiger partial charge on any atom is -0.357 e. The predicted molar refractivity (Wildman–Crippen MR) is 142 cm³/mol. The van der Waals surface area contributed by atoms with Crippen molar-refractivity contribution >= 4 is 39.1 Å². The SMILES string of the molecule is CC[C@@H](C(=O)NC)N(CCc1ccccc1)C(=O)CN(c1ccccc1)S(=O)(=O)c1ccc(Cl)cc1. The fourth-order valence-corrected chi connectivity index (χ4v) is 5.46. The third-order valence-electron chi connectivity index (χ3n) is 5.84. The second-order valence-electron chi connectivity index (χ2n) is 8.16. The molecule has 0 radical (unpaired) electrons. The highest BCUT2D eigenvalue weighted by atomic mass is 35.5. The topological polar surface area (TPSA) is 86.8 Å². The van der Waals surface area contributed by atoms with Gasteiger partial charge in [0, 0.05) is 18.6 Å². The van der Waals surface area contributed by atoms with E-state index in [1.165, 1.54) is 36.2 Å². The van der Waals surface area contributed by atoms with Crippen molar-refractivity contribution in [2.75, 3.05) is 24.4 Å². The molecule has 0 aliphatic heterocycles. The number of nitrogens with zero attached hydrogens (tertiary/aromatic N) is 2. The van der Waals surface area contributed by atoms with Crippen LogP contribution in [0.4, 0.5) is 5.69 Å². The van der Waals surface area contributed by atoms with Crippen molar-refractivity contribution in [3.63, 3.8) is 0 Å². The van der Waals surface area contributed by atoms with Crippen LogP contribution in [0.25, 0.3) is 0 Å². The number of hydrogen-bond donors (Lipinski definition) is 1. The molecule has 9 heteroatoms. The predicted octanol–water partition coefficient (Wildman–Crippen LogP) is 4.13. The van der Waals surface area contributed by atoms with E-state index in [-0.39, 0.29) is 17.3 Å². The lowest BCUT2D eigenvalue weighted by molar-refractivity contribution is -0.139. The van der Waals surface area contributed by atoms with Crippen LogP contribution in [0, 0.1) is 0 Å². The van der Waals surface area contributed by atoms with Crippen LogP contribution in [0.3, 0.4) is 0 Å². The van der Waals surface area contributed by atoms with Crippen LogP contribution < -0.4 is 9.62 Å². The standard InChI is InChI=1S/C27H30ClN3O4S/c1-3-25(27(33)29-2)30(19-18-21-10-6-4-7-11-21)26(32)20-31(23-12-8-5-9-13-23)36(34,35)24-16-14-22(28)15-17-24/h4-17,25H,3,18-20H2,1-2H3,(H,29,33)/t25-/m0/s1. The summed E-state index contributed by atoms with van der Waals surface area (Å²) in [4.78, 5) is 27.9. The van der Waals surface area contributed by atoms with Crippen LogP contribution in [0.1, 0.15) is 18.9 Å². The van der Waals surface area contributed by atoms with Crippen molar-refractivity contribution in [1.29, 1.82) is 0 Å². The van der Waals surface area contributed by atoms with Gasteiger partial charge < -0.3 is 10.2 Å². The molecule has 2 amide bonds. The van der Waals surface area contributed by atoms with Gasteiger partial charge in [0.05, 0.1) is 10.6 Å². The summed E-state index contributed by atoms with van der Waals surface area (Å²) in [6.07, 6.45) is 0.908. The Bertz CT molecular complexity index is 1250. The lowest BCUT2D eigenvalue weighted by atomic mass is 10.1. The summed E-state index contributed by atoms with van der Waals surface area (Å²) in [7, 11) is -2.58. The van der Waals surface area contributed by atoms with Gasteiger partial charge in [-0.25, -0.2) is 8.42 Å². The Hall–Kier alpha value is -3.36. The van der Waals surface area contributed by atoms with Gasteiger partial charge in [0.2, 0.25) is 11.8 Å². The smallest absolute Gasteiger partial charge is 0.264 e. The van der Waals surface area contributed by atoms with Crippen molar-refractivity contribution in [3.8, 4) is 0 Å². The average Bonchev–Trinajstić information content (AvgIpc) is 2.90. The first kappa shape index (κ1) is 27.2. The van der Waals surface area contributed by atoms with Crippen LogP contribution in [0.15, 0.2) is 89.8 Å². The fourth-order valence-electron chi connectivity index (χ4n) is 3.92. The molecule has 0 unspecified atom stereocenters. The third kappa shape index (κ3) is 6.65. The highest BCUT2D eigenvalue weighted by molar-refractivity contribution is 7.92. The molecule has 0 aromatic heterocycles. The molecular weight excluding hydrogens is 498 g/mol. The Labute approximate surface area is 217 Å². The minimum atomic E-state index is -4.10. The average molecular weight is 528 g/mol. The van der Waals surface area contributed by atoms with Crippen LogP contribution in [0.5, 0.6) is 0 Å². The molecule has 1 N–H and O–H groups in total. The molecule has 0 heterocycles. The van der Waals surface area contributed by atoms with E-state index < -0.39 is 28.5 Å². The van der Waals surface area contributed by atoms with Gasteiger partial charge in [-0.15, -0.1) is 0 Å². The molecule has 36 heavy (non-hydrogen) atoms.